The molecule has 2 N–H and O–H groups in total. The molecule has 4 nitrogen and oxygen atoms in total. The fourth-order valence-corrected chi connectivity index (χ4v) is 3.07. The summed E-state index contributed by atoms with van der Waals surface area (Å²) >= 11 is 5.85. The summed E-state index contributed by atoms with van der Waals surface area (Å²) in [5.74, 6) is 0.0961. The van der Waals surface area contributed by atoms with Gasteiger partial charge in [0.2, 0.25) is 5.91 Å². The van der Waals surface area contributed by atoms with Gasteiger partial charge in [-0.05, 0) is 44.9 Å². The number of pyridine rings is 1. The van der Waals surface area contributed by atoms with Gasteiger partial charge in [-0.2, -0.15) is 0 Å². The van der Waals surface area contributed by atoms with E-state index in [-0.39, 0.29) is 11.3 Å². The largest absolute Gasteiger partial charge is 0.324 e. The Balaban J connectivity index is 2.15. The van der Waals surface area contributed by atoms with Crippen LogP contribution in [0.15, 0.2) is 12.1 Å². The van der Waals surface area contributed by atoms with Crippen LogP contribution in [0.3, 0.4) is 0 Å². The molecule has 0 spiro atoms. The van der Waals surface area contributed by atoms with Crippen LogP contribution in [0.4, 0.5) is 5.69 Å². The number of piperidine rings is 1. The van der Waals surface area contributed by atoms with E-state index < -0.39 is 0 Å². The normalized spacial score (nSPS) is 22.6. The maximum Gasteiger partial charge on any atom is 0.231 e. The molecule has 0 saturated carbocycles. The molecule has 5 heteroatoms. The van der Waals surface area contributed by atoms with Crippen LogP contribution >= 0.6 is 11.6 Å². The minimum atomic E-state index is -0.293. The minimum Gasteiger partial charge on any atom is -0.324 e. The van der Waals surface area contributed by atoms with Gasteiger partial charge >= 0.3 is 0 Å². The third-order valence-corrected chi connectivity index (χ3v) is 4.19. The van der Waals surface area contributed by atoms with Crippen molar-refractivity contribution in [3.63, 3.8) is 0 Å². The van der Waals surface area contributed by atoms with Gasteiger partial charge in [0.15, 0.2) is 0 Å². The quantitative estimate of drug-likeness (QED) is 0.839. The number of amides is 1. The lowest BCUT2D eigenvalue weighted by Crippen LogP contribution is -2.48. The summed E-state index contributed by atoms with van der Waals surface area (Å²) in [6.45, 7) is 5.73. The molecule has 0 aliphatic carbocycles. The van der Waals surface area contributed by atoms with Gasteiger partial charge in [0.25, 0.3) is 0 Å². The molecule has 1 aromatic heterocycles. The van der Waals surface area contributed by atoms with E-state index in [9.17, 15) is 4.79 Å². The van der Waals surface area contributed by atoms with Crippen LogP contribution in [0.25, 0.3) is 0 Å². The average Bonchev–Trinajstić information content (AvgIpc) is 2.43. The number of anilines is 1. The number of nitrogens with zero attached hydrogens (tertiary/aromatic N) is 1. The number of nitrogens with one attached hydrogen (secondary N) is 2. The number of rotatable bonds is 4. The van der Waals surface area contributed by atoms with Crippen molar-refractivity contribution in [3.8, 4) is 0 Å². The van der Waals surface area contributed by atoms with Gasteiger partial charge in [-0.15, -0.1) is 0 Å². The molecule has 0 aromatic carbocycles. The van der Waals surface area contributed by atoms with Crippen LogP contribution in [0.1, 0.15) is 38.3 Å². The van der Waals surface area contributed by atoms with Crippen LogP contribution in [0.2, 0.25) is 5.15 Å². The van der Waals surface area contributed by atoms with Gasteiger partial charge in [-0.1, -0.05) is 24.9 Å². The summed E-state index contributed by atoms with van der Waals surface area (Å²) in [7, 11) is 0. The molecule has 1 aromatic rings. The fraction of sp³-hybridized carbons (Fsp3) is 0.600. The van der Waals surface area contributed by atoms with E-state index in [2.05, 4.69) is 22.5 Å². The monoisotopic (exact) mass is 295 g/mol. The summed E-state index contributed by atoms with van der Waals surface area (Å²) in [5.41, 5.74) is 1.21. The fourth-order valence-electron chi connectivity index (χ4n) is 2.88. The second-order valence-electron chi connectivity index (χ2n) is 5.53. The molecule has 1 aliphatic heterocycles. The molecule has 110 valence electrons. The number of hydrogen-bond donors (Lipinski definition) is 2. The van der Waals surface area contributed by atoms with Crippen LogP contribution in [0.5, 0.6) is 0 Å². The first-order chi connectivity index (χ1) is 9.57. The first kappa shape index (κ1) is 15.3. The molecule has 0 bridgehead atoms. The molecule has 0 radical (unpaired) electrons. The molecular formula is C15H22ClN3O. The molecule has 1 unspecified atom stereocenters. The molecule has 1 atom stereocenters. The molecule has 1 fully saturated rings. The van der Waals surface area contributed by atoms with Gasteiger partial charge < -0.3 is 10.6 Å². The number of aryl methyl sites for hydroxylation is 1. The lowest BCUT2D eigenvalue weighted by Gasteiger charge is -2.36. The summed E-state index contributed by atoms with van der Waals surface area (Å²) < 4.78 is 0. The maximum absolute atomic E-state index is 12.7. The van der Waals surface area contributed by atoms with Crippen molar-refractivity contribution in [1.29, 1.82) is 0 Å². The lowest BCUT2D eigenvalue weighted by molar-refractivity contribution is -0.127. The Kier molecular flexibility index (Phi) is 5.00. The summed E-state index contributed by atoms with van der Waals surface area (Å²) in [4.78, 5) is 16.9. The van der Waals surface area contributed by atoms with E-state index in [1.165, 1.54) is 0 Å². The van der Waals surface area contributed by atoms with E-state index >= 15 is 0 Å². The van der Waals surface area contributed by atoms with Crippen LogP contribution in [-0.2, 0) is 4.79 Å². The highest BCUT2D eigenvalue weighted by Gasteiger charge is 2.38. The van der Waals surface area contributed by atoms with E-state index in [1.807, 2.05) is 13.0 Å². The van der Waals surface area contributed by atoms with Gasteiger partial charge in [0.05, 0.1) is 16.8 Å². The molecule has 1 aliphatic rings. The first-order valence-corrected chi connectivity index (χ1v) is 7.60. The number of aromatic nitrogens is 1. The molecule has 1 saturated heterocycles. The zero-order chi connectivity index (χ0) is 14.6. The molecule has 20 heavy (non-hydrogen) atoms. The second kappa shape index (κ2) is 6.55. The molecule has 2 heterocycles. The van der Waals surface area contributed by atoms with Crippen molar-refractivity contribution >= 4 is 23.2 Å². The van der Waals surface area contributed by atoms with Gasteiger partial charge in [-0.3, -0.25) is 4.79 Å². The second-order valence-corrected chi connectivity index (χ2v) is 5.92. The van der Waals surface area contributed by atoms with Crippen LogP contribution in [-0.4, -0.2) is 24.0 Å². The Labute approximate surface area is 125 Å². The van der Waals surface area contributed by atoms with E-state index in [0.717, 1.165) is 50.2 Å². The zero-order valence-corrected chi connectivity index (χ0v) is 12.9. The zero-order valence-electron chi connectivity index (χ0n) is 12.1. The van der Waals surface area contributed by atoms with Crippen LogP contribution < -0.4 is 10.6 Å². The Hall–Kier alpha value is -1.13. The van der Waals surface area contributed by atoms with Crippen molar-refractivity contribution < 1.29 is 4.79 Å². The number of hydrogen-bond acceptors (Lipinski definition) is 3. The lowest BCUT2D eigenvalue weighted by atomic mass is 9.76. The third-order valence-electron chi connectivity index (χ3n) is 3.98. The van der Waals surface area contributed by atoms with Gasteiger partial charge in [-0.25, -0.2) is 4.98 Å². The van der Waals surface area contributed by atoms with Gasteiger partial charge in [0.1, 0.15) is 5.15 Å². The van der Waals surface area contributed by atoms with Gasteiger partial charge in [0, 0.05) is 6.54 Å². The maximum atomic E-state index is 12.7. The number of carbonyl (C=O) groups excluding carboxylic acids is 1. The average molecular weight is 296 g/mol. The SMILES string of the molecule is CCCC1(C(=O)Nc2ccc(Cl)nc2C)CCCNC1. The van der Waals surface area contributed by atoms with Crippen molar-refractivity contribution in [3.05, 3.63) is 23.0 Å². The first-order valence-electron chi connectivity index (χ1n) is 7.23. The Bertz CT molecular complexity index is 478. The Morgan fingerprint density at radius 2 is 2.35 bits per heavy atom. The summed E-state index contributed by atoms with van der Waals surface area (Å²) in [6, 6.07) is 3.52. The Morgan fingerprint density at radius 1 is 1.55 bits per heavy atom. The minimum absolute atomic E-state index is 0.0961. The smallest absolute Gasteiger partial charge is 0.231 e. The predicted octanol–water partition coefficient (Wildman–Crippen LogP) is 3.15. The van der Waals surface area contributed by atoms with Crippen molar-refractivity contribution in [2.45, 2.75) is 39.5 Å². The molecule has 2 rings (SSSR count). The highest BCUT2D eigenvalue weighted by atomic mass is 35.5. The van der Waals surface area contributed by atoms with Crippen LogP contribution in [0, 0.1) is 12.3 Å². The highest BCUT2D eigenvalue weighted by molar-refractivity contribution is 6.29. The third kappa shape index (κ3) is 3.30. The summed E-state index contributed by atoms with van der Waals surface area (Å²) in [5, 5.41) is 6.83. The van der Waals surface area contributed by atoms with E-state index in [0.29, 0.717) is 5.15 Å². The highest BCUT2D eigenvalue weighted by Crippen LogP contribution is 2.33. The standard InChI is InChI=1S/C15H22ClN3O/c1-3-7-15(8-4-9-17-10-15)14(20)19-12-5-6-13(16)18-11(12)2/h5-6,17H,3-4,7-10H2,1-2H3,(H,19,20). The topological polar surface area (TPSA) is 54.0 Å². The van der Waals surface area contributed by atoms with Crippen molar-refractivity contribution in [1.82, 2.24) is 10.3 Å². The molecule has 1 amide bonds. The van der Waals surface area contributed by atoms with E-state index in [4.69, 9.17) is 11.6 Å². The Morgan fingerprint density at radius 3 is 2.95 bits per heavy atom. The predicted molar refractivity (Wildman–Crippen MR) is 82.1 cm³/mol. The number of carbonyl (C=O) groups is 1. The van der Waals surface area contributed by atoms with E-state index in [1.54, 1.807) is 6.07 Å². The summed E-state index contributed by atoms with van der Waals surface area (Å²) in [6.07, 6.45) is 3.91. The van der Waals surface area contributed by atoms with Crippen molar-refractivity contribution in [2.75, 3.05) is 18.4 Å². The number of halogens is 1. The van der Waals surface area contributed by atoms with Crippen molar-refractivity contribution in [2.24, 2.45) is 5.41 Å². The molecular weight excluding hydrogens is 274 g/mol.